The minimum atomic E-state index is -0.216. The van der Waals surface area contributed by atoms with Crippen LogP contribution >= 0.6 is 11.6 Å². The molecule has 0 fully saturated rings. The van der Waals surface area contributed by atoms with E-state index in [0.717, 1.165) is 17.9 Å². The lowest BCUT2D eigenvalue weighted by atomic mass is 10.1. The van der Waals surface area contributed by atoms with E-state index >= 15 is 0 Å². The number of carbonyl (C=O) groups is 1. The summed E-state index contributed by atoms with van der Waals surface area (Å²) in [4.78, 5) is 20.5. The number of ether oxygens (including phenoxy) is 1. The van der Waals surface area contributed by atoms with E-state index in [-0.39, 0.29) is 17.7 Å². The van der Waals surface area contributed by atoms with Crippen LogP contribution in [0.4, 0.5) is 11.4 Å². The molecule has 2 heterocycles. The first-order valence-electron chi connectivity index (χ1n) is 7.01. The largest absolute Gasteiger partial charge is 0.450 e. The van der Waals surface area contributed by atoms with Crippen molar-refractivity contribution < 1.29 is 13.9 Å². The van der Waals surface area contributed by atoms with Crippen molar-refractivity contribution in [3.63, 3.8) is 0 Å². The number of aromatic nitrogens is 1. The van der Waals surface area contributed by atoms with Gasteiger partial charge in [0.2, 0.25) is 0 Å². The summed E-state index contributed by atoms with van der Waals surface area (Å²) in [6.07, 6.45) is 1.43. The van der Waals surface area contributed by atoms with Crippen LogP contribution in [-0.2, 0) is 0 Å². The number of likely N-dealkylation sites (N-methyl/N-ethyl adjacent to an activating group) is 1. The van der Waals surface area contributed by atoms with E-state index in [1.165, 1.54) is 6.26 Å². The van der Waals surface area contributed by atoms with Gasteiger partial charge in [0, 0.05) is 25.2 Å². The first-order chi connectivity index (χ1) is 10.6. The first-order valence-corrected chi connectivity index (χ1v) is 7.39. The number of nitrogens with zero attached hydrogens (tertiary/aromatic N) is 3. The molecule has 0 saturated carbocycles. The minimum absolute atomic E-state index is 0.108. The minimum Gasteiger partial charge on any atom is -0.450 e. The van der Waals surface area contributed by atoms with E-state index < -0.39 is 0 Å². The molecule has 0 spiro atoms. The summed E-state index contributed by atoms with van der Waals surface area (Å²) < 4.78 is 10.3. The van der Waals surface area contributed by atoms with Crippen LogP contribution in [0.5, 0.6) is 6.08 Å². The fourth-order valence-electron chi connectivity index (χ4n) is 2.42. The first kappa shape index (κ1) is 14.7. The molecule has 1 aromatic carbocycles. The molecule has 1 aliphatic rings. The lowest BCUT2D eigenvalue weighted by Crippen LogP contribution is -2.42. The van der Waals surface area contributed by atoms with Crippen LogP contribution in [0.25, 0.3) is 0 Å². The van der Waals surface area contributed by atoms with E-state index in [1.54, 1.807) is 11.0 Å². The Morgan fingerprint density at radius 1 is 1.41 bits per heavy atom. The van der Waals surface area contributed by atoms with Crippen LogP contribution in [0.1, 0.15) is 17.4 Å². The SMILES string of the molecule is CCOc1nc(C(=O)N2CCN(C)c3cc(Cl)ccc32)co1. The molecule has 0 saturated heterocycles. The van der Waals surface area contributed by atoms with Crippen molar-refractivity contribution in [2.75, 3.05) is 36.5 Å². The van der Waals surface area contributed by atoms with Gasteiger partial charge in [0.25, 0.3) is 5.91 Å². The second-order valence-electron chi connectivity index (χ2n) is 4.94. The van der Waals surface area contributed by atoms with Crippen LogP contribution in [0.2, 0.25) is 5.02 Å². The highest BCUT2D eigenvalue weighted by Crippen LogP contribution is 2.35. The molecule has 0 aliphatic carbocycles. The number of oxazole rings is 1. The number of fused-ring (bicyclic) bond motifs is 1. The number of carbonyl (C=O) groups excluding carboxylic acids is 1. The van der Waals surface area contributed by atoms with E-state index in [9.17, 15) is 4.79 Å². The van der Waals surface area contributed by atoms with Gasteiger partial charge in [-0.05, 0) is 25.1 Å². The van der Waals surface area contributed by atoms with Crippen LogP contribution in [0, 0.1) is 0 Å². The van der Waals surface area contributed by atoms with Crippen molar-refractivity contribution in [2.45, 2.75) is 6.92 Å². The highest BCUT2D eigenvalue weighted by molar-refractivity contribution is 6.31. The third kappa shape index (κ3) is 2.62. The summed E-state index contributed by atoms with van der Waals surface area (Å²) in [6.45, 7) is 3.55. The highest BCUT2D eigenvalue weighted by atomic mass is 35.5. The smallest absolute Gasteiger partial charge is 0.394 e. The van der Waals surface area contributed by atoms with E-state index in [4.69, 9.17) is 20.8 Å². The molecule has 0 bridgehead atoms. The molecule has 1 aromatic heterocycles. The number of anilines is 2. The molecule has 2 aromatic rings. The van der Waals surface area contributed by atoms with Gasteiger partial charge >= 0.3 is 6.08 Å². The van der Waals surface area contributed by atoms with Crippen LogP contribution in [0.15, 0.2) is 28.9 Å². The van der Waals surface area contributed by atoms with Crippen LogP contribution in [-0.4, -0.2) is 37.6 Å². The number of benzene rings is 1. The molecule has 1 aliphatic heterocycles. The number of halogens is 1. The number of rotatable bonds is 3. The number of hydrogen-bond acceptors (Lipinski definition) is 5. The van der Waals surface area contributed by atoms with Crippen molar-refractivity contribution in [1.82, 2.24) is 4.98 Å². The van der Waals surface area contributed by atoms with Gasteiger partial charge in [-0.15, -0.1) is 0 Å². The maximum Gasteiger partial charge on any atom is 0.394 e. The maximum absolute atomic E-state index is 12.7. The van der Waals surface area contributed by atoms with Gasteiger partial charge in [0.05, 0.1) is 18.0 Å². The molecule has 7 heteroatoms. The monoisotopic (exact) mass is 321 g/mol. The number of amides is 1. The zero-order chi connectivity index (χ0) is 15.7. The lowest BCUT2D eigenvalue weighted by Gasteiger charge is -2.35. The van der Waals surface area contributed by atoms with Gasteiger partial charge in [0.15, 0.2) is 5.69 Å². The molecule has 116 valence electrons. The molecule has 0 N–H and O–H groups in total. The Labute approximate surface area is 133 Å². The Morgan fingerprint density at radius 2 is 2.23 bits per heavy atom. The van der Waals surface area contributed by atoms with Gasteiger partial charge < -0.3 is 19.0 Å². The third-order valence-corrected chi connectivity index (χ3v) is 3.75. The molecule has 1 amide bonds. The molecule has 6 nitrogen and oxygen atoms in total. The fourth-order valence-corrected chi connectivity index (χ4v) is 2.58. The second kappa shape index (κ2) is 5.88. The predicted molar refractivity (Wildman–Crippen MR) is 84.1 cm³/mol. The van der Waals surface area contributed by atoms with Crippen molar-refractivity contribution >= 4 is 28.9 Å². The Balaban J connectivity index is 1.92. The normalized spacial score (nSPS) is 14.0. The van der Waals surface area contributed by atoms with Gasteiger partial charge in [-0.2, -0.15) is 4.98 Å². The summed E-state index contributed by atoms with van der Waals surface area (Å²) in [5.74, 6) is -0.216. The molecular formula is C15H16ClN3O3. The standard InChI is InChI=1S/C15H16ClN3O3/c1-3-21-15-17-11(9-22-15)14(20)19-7-6-18(2)13-8-10(16)4-5-12(13)19/h4-5,8-9H,3,6-7H2,1-2H3. The van der Waals surface area contributed by atoms with Crippen molar-refractivity contribution in [3.05, 3.63) is 35.2 Å². The Hall–Kier alpha value is -2.21. The Morgan fingerprint density at radius 3 is 3.00 bits per heavy atom. The van der Waals surface area contributed by atoms with E-state index in [2.05, 4.69) is 9.88 Å². The Kier molecular flexibility index (Phi) is 3.94. The average Bonchev–Trinajstić information content (AvgIpc) is 2.96. The highest BCUT2D eigenvalue weighted by Gasteiger charge is 2.28. The van der Waals surface area contributed by atoms with Gasteiger partial charge in [0.1, 0.15) is 6.26 Å². The van der Waals surface area contributed by atoms with Crippen LogP contribution in [0.3, 0.4) is 0 Å². The predicted octanol–water partition coefficient (Wildman–Crippen LogP) is 2.82. The number of hydrogen-bond donors (Lipinski definition) is 0. The average molecular weight is 322 g/mol. The Bertz CT molecular complexity index is 701. The van der Waals surface area contributed by atoms with Gasteiger partial charge in [-0.1, -0.05) is 11.6 Å². The van der Waals surface area contributed by atoms with Crippen molar-refractivity contribution in [1.29, 1.82) is 0 Å². The summed E-state index contributed by atoms with van der Waals surface area (Å²) in [5.41, 5.74) is 1.96. The summed E-state index contributed by atoms with van der Waals surface area (Å²) in [7, 11) is 1.97. The summed E-state index contributed by atoms with van der Waals surface area (Å²) in [5, 5.41) is 0.639. The lowest BCUT2D eigenvalue weighted by molar-refractivity contribution is 0.0981. The summed E-state index contributed by atoms with van der Waals surface area (Å²) in [6, 6.07) is 5.47. The topological polar surface area (TPSA) is 58.8 Å². The second-order valence-corrected chi connectivity index (χ2v) is 5.38. The zero-order valence-corrected chi connectivity index (χ0v) is 13.1. The van der Waals surface area contributed by atoms with E-state index in [0.29, 0.717) is 18.2 Å². The molecule has 0 radical (unpaired) electrons. The quantitative estimate of drug-likeness (QED) is 0.870. The molecule has 0 atom stereocenters. The molecule has 0 unspecified atom stereocenters. The fraction of sp³-hybridized carbons (Fsp3) is 0.333. The molecule has 22 heavy (non-hydrogen) atoms. The zero-order valence-electron chi connectivity index (χ0n) is 12.4. The molecular weight excluding hydrogens is 306 g/mol. The van der Waals surface area contributed by atoms with Gasteiger partial charge in [-0.3, -0.25) is 4.79 Å². The van der Waals surface area contributed by atoms with E-state index in [1.807, 2.05) is 26.1 Å². The third-order valence-electron chi connectivity index (χ3n) is 3.51. The van der Waals surface area contributed by atoms with Crippen molar-refractivity contribution in [2.24, 2.45) is 0 Å². The maximum atomic E-state index is 12.7. The van der Waals surface area contributed by atoms with Gasteiger partial charge in [-0.25, -0.2) is 0 Å². The summed E-state index contributed by atoms with van der Waals surface area (Å²) >= 11 is 6.05. The van der Waals surface area contributed by atoms with Crippen LogP contribution < -0.4 is 14.5 Å². The molecule has 3 rings (SSSR count). The van der Waals surface area contributed by atoms with Crippen molar-refractivity contribution in [3.8, 4) is 6.08 Å².